The van der Waals surface area contributed by atoms with Crippen LogP contribution >= 0.6 is 21.6 Å². The van der Waals surface area contributed by atoms with Crippen molar-refractivity contribution in [2.24, 2.45) is 63.0 Å². The number of benzene rings is 2. The van der Waals surface area contributed by atoms with Crippen LogP contribution in [0, 0.1) is 35.5 Å². The number of phenols is 1. The number of carbonyl (C=O) groups is 19. The molecular weight excluding hydrogens is 1670 g/mol. The molecule has 39 nitrogen and oxygen atoms in total. The highest BCUT2D eigenvalue weighted by molar-refractivity contribution is 8.76. The molecule has 125 heavy (non-hydrogen) atoms. The summed E-state index contributed by atoms with van der Waals surface area (Å²) in [6.45, 7) is 1.72. The first-order valence-corrected chi connectivity index (χ1v) is 44.8. The van der Waals surface area contributed by atoms with Gasteiger partial charge in [0.15, 0.2) is 34.7 Å². The minimum Gasteiger partial charge on any atom is -0.508 e. The van der Waals surface area contributed by atoms with Crippen molar-refractivity contribution in [3.63, 3.8) is 0 Å². The lowest BCUT2D eigenvalue weighted by molar-refractivity contribution is -0.532. The number of aliphatic carboxylic acids is 2. The van der Waals surface area contributed by atoms with Crippen molar-refractivity contribution in [3.05, 3.63) is 65.9 Å². The highest BCUT2D eigenvalue weighted by Gasteiger charge is 2.44. The zero-order valence-corrected chi connectivity index (χ0v) is 72.2. The second-order valence-corrected chi connectivity index (χ2v) is 35.0. The third-order valence-electron chi connectivity index (χ3n) is 22.5. The summed E-state index contributed by atoms with van der Waals surface area (Å²) in [5.41, 5.74) is 18.1. The average Bonchev–Trinajstić information content (AvgIpc) is 1.75. The first-order valence-electron chi connectivity index (χ1n) is 42.3. The van der Waals surface area contributed by atoms with E-state index in [1.54, 1.807) is 30.5 Å². The Morgan fingerprint density at radius 2 is 1.31 bits per heavy atom. The minimum atomic E-state index is -1.91. The number of likely N-dealkylation sites (N-methyl/N-ethyl adjacent to an activating group) is 1. The fraction of sp³-hybridized carbons (Fsp3) is 0.595. The number of aromatic hydroxyl groups is 1. The fourth-order valence-electron chi connectivity index (χ4n) is 15.7. The molecule has 14 atom stereocenters. The number of Topliss-reactive ketones (excluding diaryl/α,β-unsaturated/α-hetero) is 7. The van der Waals surface area contributed by atoms with Crippen molar-refractivity contribution in [2.45, 2.75) is 229 Å². The number of phenolic OH excluding ortho intramolecular Hbond substituents is 1. The first-order chi connectivity index (χ1) is 59.5. The molecule has 0 saturated carbocycles. The van der Waals surface area contributed by atoms with Gasteiger partial charge in [-0.1, -0.05) is 71.7 Å². The number of nitrogens with one attached hydrogen (secondary N) is 8. The average molecular weight is 1780 g/mol. The number of amides is 12. The van der Waals surface area contributed by atoms with Crippen molar-refractivity contribution in [1.29, 1.82) is 0 Å². The van der Waals surface area contributed by atoms with Crippen molar-refractivity contribution in [3.8, 4) is 5.75 Å². The number of para-hydroxylation sites is 1. The second kappa shape index (κ2) is 50.6. The lowest BCUT2D eigenvalue weighted by atomic mass is 9.88. The number of aromatic nitrogens is 1. The maximum atomic E-state index is 15.7. The Bertz CT molecular complexity index is 4460. The molecule has 2 saturated heterocycles. The highest BCUT2D eigenvalue weighted by atomic mass is 33.1. The second-order valence-electron chi connectivity index (χ2n) is 32.4. The van der Waals surface area contributed by atoms with Crippen LogP contribution < -0.4 is 54.4 Å². The molecule has 7 rings (SSSR count). The molecule has 41 heteroatoms. The van der Waals surface area contributed by atoms with Crippen LogP contribution in [0.4, 0.5) is 9.59 Å². The van der Waals surface area contributed by atoms with Crippen LogP contribution in [0.2, 0.25) is 0 Å². The van der Waals surface area contributed by atoms with Gasteiger partial charge in [0.1, 0.15) is 42.1 Å². The number of nitrogens with zero attached hydrogens (tertiary/aromatic N) is 5. The number of rotatable bonds is 32. The Kier molecular flexibility index (Phi) is 40.7. The third-order valence-corrected chi connectivity index (χ3v) is 25.0. The Labute approximate surface area is 730 Å². The van der Waals surface area contributed by atoms with E-state index in [9.17, 15) is 73.2 Å². The molecule has 4 bridgehead atoms. The molecular formula is C84H117N16O23S2+. The van der Waals surface area contributed by atoms with Crippen LogP contribution in [0.3, 0.4) is 0 Å². The summed E-state index contributed by atoms with van der Waals surface area (Å²) in [6.07, 6.45) is -5.24. The van der Waals surface area contributed by atoms with Gasteiger partial charge < -0.3 is 89.6 Å². The molecule has 0 radical (unpaired) electrons. The molecule has 4 aliphatic rings. The van der Waals surface area contributed by atoms with Gasteiger partial charge in [-0.15, -0.1) is 4.68 Å². The van der Waals surface area contributed by atoms with E-state index in [2.05, 4.69) is 52.5 Å². The topological polar surface area (TPSA) is 618 Å². The van der Waals surface area contributed by atoms with E-state index in [0.29, 0.717) is 28.5 Å². The number of primary amides is 3. The van der Waals surface area contributed by atoms with Crippen molar-refractivity contribution < 1.29 is 116 Å². The summed E-state index contributed by atoms with van der Waals surface area (Å²) < 4.78 is 1.31. The van der Waals surface area contributed by atoms with Gasteiger partial charge in [0.2, 0.25) is 53.3 Å². The fourth-order valence-corrected chi connectivity index (χ4v) is 18.1. The largest absolute Gasteiger partial charge is 0.508 e. The number of fused-ring (bicyclic) bond motifs is 11. The monoisotopic (exact) mass is 1780 g/mol. The number of carbonyl (C=O) groups excluding carboxylic acids is 17. The Balaban J connectivity index is 1.43. The number of carboxylic acids is 2. The van der Waals surface area contributed by atoms with Crippen LogP contribution in [0.15, 0.2) is 65.1 Å². The number of unbranched alkanes of at least 4 members (excludes halogenated alkanes) is 2. The Morgan fingerprint density at radius 3 is 1.97 bits per heavy atom. The normalized spacial score (nSPS) is 24.0. The van der Waals surface area contributed by atoms with Crippen molar-refractivity contribution in [1.82, 2.24) is 52.0 Å². The predicted molar refractivity (Wildman–Crippen MR) is 455 cm³/mol. The molecule has 12 amide bonds. The quantitative estimate of drug-likeness (QED) is 0.0242. The number of hydrogen-bond acceptors (Lipinski definition) is 25. The van der Waals surface area contributed by atoms with E-state index in [-0.39, 0.29) is 121 Å². The molecule has 0 aliphatic carbocycles. The van der Waals surface area contributed by atoms with Gasteiger partial charge in [-0.3, -0.25) is 81.5 Å². The molecule has 4 aliphatic heterocycles. The maximum absolute atomic E-state index is 15.7. The van der Waals surface area contributed by atoms with Gasteiger partial charge in [-0.05, 0) is 107 Å². The highest BCUT2D eigenvalue weighted by Crippen LogP contribution is 2.32. The Hall–Kier alpha value is -11.4. The van der Waals surface area contributed by atoms with Gasteiger partial charge in [0.25, 0.3) is 0 Å². The summed E-state index contributed by atoms with van der Waals surface area (Å²) in [4.78, 5) is 276. The molecule has 18 N–H and O–H groups in total. The van der Waals surface area contributed by atoms with E-state index in [1.165, 1.54) is 42.2 Å². The molecule has 1 unspecified atom stereocenters. The molecule has 5 heterocycles. The summed E-state index contributed by atoms with van der Waals surface area (Å²) >= 11 is 0. The number of aromatic amines is 1. The lowest BCUT2D eigenvalue weighted by Gasteiger charge is -2.30. The third kappa shape index (κ3) is 33.2. The smallest absolute Gasteiger partial charge is 0.323 e. The van der Waals surface area contributed by atoms with Crippen molar-refractivity contribution in [2.75, 3.05) is 51.3 Å². The van der Waals surface area contributed by atoms with Crippen LogP contribution in [-0.2, 0) is 94.3 Å². The SMILES string of the molecule is CCCCCC(=O)CCC(=O)N[C@H]1CSSC[C@@H]2NC(=O)[C@H](CCCNC(N)=O)CC(=O)[C@@H]3CCCN3C(=O)[C@H](CC(=O)O)CC(=O)[C@H]([C@@H](C)O)NC(=O)[C@@H](CC1=O)CC1C=[N+](CCC[C@@H](C(=O)C[C@@H](Cc3ccc(O)cc3)C(=O)N(C)CC(=O)O)NC(=O)[C@H](CCC(N)=O)CC(=O)[C@H](Cc3c[nH]c4ccccc34)NC(=O)[C@H](CCCNC(N)=O)CC2=O)N=N1. The predicted octanol–water partition coefficient (Wildman–Crippen LogP) is 2.43. The molecule has 3 aromatic rings. The van der Waals surface area contributed by atoms with E-state index in [0.717, 1.165) is 51.2 Å². The number of nitrogens with two attached hydrogens (primary N) is 3. The molecule has 682 valence electrons. The van der Waals surface area contributed by atoms with E-state index in [4.69, 9.17) is 17.2 Å². The minimum absolute atomic E-state index is 0.00173. The summed E-state index contributed by atoms with van der Waals surface area (Å²) in [5, 5.41) is 69.4. The van der Waals surface area contributed by atoms with Gasteiger partial charge in [0.05, 0.1) is 48.7 Å². The van der Waals surface area contributed by atoms with Crippen LogP contribution in [-0.4, -0.2) is 258 Å². The molecule has 2 fully saturated rings. The zero-order valence-electron chi connectivity index (χ0n) is 70.5. The number of aliphatic hydroxyl groups excluding tert-OH is 1. The lowest BCUT2D eigenvalue weighted by Crippen LogP contribution is -2.52. The van der Waals surface area contributed by atoms with Gasteiger partial charge in [-0.2, -0.15) is 0 Å². The van der Waals surface area contributed by atoms with Crippen LogP contribution in [0.25, 0.3) is 10.9 Å². The summed E-state index contributed by atoms with van der Waals surface area (Å²) in [7, 11) is 3.01. The van der Waals surface area contributed by atoms with Gasteiger partial charge in [0, 0.05) is 167 Å². The number of aliphatic hydroxyl groups is 1. The molecule has 0 spiro atoms. The number of H-pyrrole nitrogens is 1. The number of carboxylic acid groups (broad SMARTS) is 2. The number of hydrogen-bond donors (Lipinski definition) is 15. The van der Waals surface area contributed by atoms with Crippen molar-refractivity contribution >= 4 is 150 Å². The van der Waals surface area contributed by atoms with E-state index < -0.39 is 273 Å². The summed E-state index contributed by atoms with van der Waals surface area (Å²) in [5.74, 6) is -25.6. The Morgan fingerprint density at radius 1 is 0.672 bits per heavy atom. The maximum Gasteiger partial charge on any atom is 0.323 e. The molecule has 2 aromatic carbocycles. The van der Waals surface area contributed by atoms with E-state index >= 15 is 38.4 Å². The van der Waals surface area contributed by atoms with Gasteiger partial charge in [-0.25, -0.2) is 9.59 Å². The van der Waals surface area contributed by atoms with Gasteiger partial charge >= 0.3 is 24.0 Å². The number of urea groups is 2. The van der Waals surface area contributed by atoms with Crippen LogP contribution in [0.1, 0.15) is 179 Å². The number of ketones is 7. The molecule has 1 aromatic heterocycles. The van der Waals surface area contributed by atoms with E-state index in [1.807, 2.05) is 6.92 Å². The zero-order chi connectivity index (χ0) is 91.6. The summed E-state index contributed by atoms with van der Waals surface area (Å²) in [6, 6.07) is -0.0440. The standard InChI is InChI=1S/C84H116N16O23S2/c1-4-5-6-15-57(102)25-27-73(111)91-63-45-124-125-46-64-68(106)35-49(13-9-28-88-83(86)122)77(116)93-62(34-55-42-90-60-17-8-7-16-59(55)60)67(105)36-51(22-26-72(85)110)79(118)92-61(66(104)39-53(81(120)98(3)44-75(114)115)32-48-20-23-58(103)24-21-48)18-11-30-99-43-56(96-97-99)33-52(38-69(63)107)80(119)95-76(47(2)101)71(109)40-54(41-74(112)113)82(121)100-31-12-19-65(100)70(108)37-50(78(117)94-64)14-10-29-89-84(87)123/h7-8,16-17,20-21,23-24,42-43,47,49-54,56,61-65,76,90,101H,4-6,9-15,18-19,22,25-41,44-46H2,1-3H3,(H15-,85,86,87,88,89,91,92,93,94,95,103,110,111,112,113,114,115,116,117,118,119,122,123)/p+1/t47-,49-,50-,51-,52-,53-,54+,56?,61+,62+,63+,64+,65+,76+/m1/s1. The first kappa shape index (κ1) is 101. The van der Waals surface area contributed by atoms with Crippen LogP contribution in [0.5, 0.6) is 5.75 Å².